The molecule has 1 aliphatic rings. The molecule has 1 aromatic carbocycles. The molecule has 0 saturated carbocycles. The van der Waals surface area contributed by atoms with Crippen LogP contribution in [0.25, 0.3) is 0 Å². The van der Waals surface area contributed by atoms with Crippen molar-refractivity contribution in [2.45, 2.75) is 26.4 Å². The number of aliphatic hydroxyl groups is 1. The zero-order valence-electron chi connectivity index (χ0n) is 10.5. The lowest BCUT2D eigenvalue weighted by atomic mass is 10.0. The lowest BCUT2D eigenvalue weighted by Crippen LogP contribution is -1.99. The van der Waals surface area contributed by atoms with Crippen molar-refractivity contribution in [1.29, 1.82) is 0 Å². The Balaban J connectivity index is 0.000000686. The molecule has 1 unspecified atom stereocenters. The highest BCUT2D eigenvalue weighted by Gasteiger charge is 2.10. The van der Waals surface area contributed by atoms with Crippen LogP contribution in [0.5, 0.6) is 0 Å². The van der Waals surface area contributed by atoms with E-state index in [1.54, 1.807) is 0 Å². The molecule has 17 heavy (non-hydrogen) atoms. The third-order valence-corrected chi connectivity index (χ3v) is 2.46. The van der Waals surface area contributed by atoms with E-state index in [-0.39, 0.29) is 0 Å². The second-order valence-electron chi connectivity index (χ2n) is 3.54. The first-order valence-corrected chi connectivity index (χ1v) is 6.14. The quantitative estimate of drug-likeness (QED) is 0.804. The topological polar surface area (TPSA) is 20.2 Å². The first-order chi connectivity index (χ1) is 8.38. The molecule has 1 heteroatoms. The lowest BCUT2D eigenvalue weighted by Gasteiger charge is -2.11. The van der Waals surface area contributed by atoms with E-state index in [1.807, 2.05) is 62.4 Å². The Labute approximate surface area is 104 Å². The van der Waals surface area contributed by atoms with Gasteiger partial charge in [-0.1, -0.05) is 74.6 Å². The molecule has 0 radical (unpaired) electrons. The molecule has 0 saturated heterocycles. The van der Waals surface area contributed by atoms with Crippen LogP contribution in [0, 0.1) is 0 Å². The third-order valence-electron chi connectivity index (χ3n) is 2.46. The zero-order valence-corrected chi connectivity index (χ0v) is 10.5. The molecule has 1 aliphatic carbocycles. The molecule has 90 valence electrons. The average Bonchev–Trinajstić information content (AvgIpc) is 2.70. The van der Waals surface area contributed by atoms with Crippen molar-refractivity contribution >= 4 is 0 Å². The van der Waals surface area contributed by atoms with E-state index in [9.17, 15) is 5.11 Å². The number of benzene rings is 1. The SMILES string of the molecule is CC.OC(C1=CCC=CC=C1)c1ccccc1. The predicted octanol–water partition coefficient (Wildman–Crippen LogP) is 4.19. The van der Waals surface area contributed by atoms with E-state index in [4.69, 9.17) is 0 Å². The summed E-state index contributed by atoms with van der Waals surface area (Å²) in [4.78, 5) is 0. The summed E-state index contributed by atoms with van der Waals surface area (Å²) in [6.45, 7) is 4.00. The Kier molecular flexibility index (Phi) is 6.05. The monoisotopic (exact) mass is 228 g/mol. The highest BCUT2D eigenvalue weighted by atomic mass is 16.3. The summed E-state index contributed by atoms with van der Waals surface area (Å²) in [7, 11) is 0. The maximum atomic E-state index is 10.1. The zero-order chi connectivity index (χ0) is 12.5. The highest BCUT2D eigenvalue weighted by molar-refractivity contribution is 5.35. The molecule has 0 amide bonds. The van der Waals surface area contributed by atoms with Gasteiger partial charge in [-0.2, -0.15) is 0 Å². The van der Waals surface area contributed by atoms with Crippen molar-refractivity contribution in [3.8, 4) is 0 Å². The van der Waals surface area contributed by atoms with Gasteiger partial charge in [-0.25, -0.2) is 0 Å². The summed E-state index contributed by atoms with van der Waals surface area (Å²) in [5, 5.41) is 10.1. The molecule has 1 N–H and O–H groups in total. The van der Waals surface area contributed by atoms with Gasteiger partial charge in [-0.05, 0) is 17.6 Å². The van der Waals surface area contributed by atoms with E-state index in [0.29, 0.717) is 0 Å². The summed E-state index contributed by atoms with van der Waals surface area (Å²) >= 11 is 0. The van der Waals surface area contributed by atoms with E-state index >= 15 is 0 Å². The Morgan fingerprint density at radius 2 is 1.76 bits per heavy atom. The average molecular weight is 228 g/mol. The van der Waals surface area contributed by atoms with Crippen LogP contribution < -0.4 is 0 Å². The number of hydrogen-bond donors (Lipinski definition) is 1. The molecule has 0 spiro atoms. The van der Waals surface area contributed by atoms with Crippen molar-refractivity contribution < 1.29 is 5.11 Å². The summed E-state index contributed by atoms with van der Waals surface area (Å²) in [5.41, 5.74) is 1.90. The fourth-order valence-corrected chi connectivity index (χ4v) is 1.63. The van der Waals surface area contributed by atoms with Crippen LogP contribution in [-0.2, 0) is 0 Å². The van der Waals surface area contributed by atoms with E-state index in [0.717, 1.165) is 17.6 Å². The normalized spacial score (nSPS) is 15.4. The molecule has 0 fully saturated rings. The summed E-state index contributed by atoms with van der Waals surface area (Å²) in [6.07, 6.45) is 10.4. The molecule has 2 rings (SSSR count). The molecule has 0 aromatic heterocycles. The van der Waals surface area contributed by atoms with Gasteiger partial charge in [0.15, 0.2) is 0 Å². The lowest BCUT2D eigenvalue weighted by molar-refractivity contribution is 0.219. The molecule has 0 heterocycles. The van der Waals surface area contributed by atoms with Gasteiger partial charge in [0.1, 0.15) is 6.10 Å². The first kappa shape index (κ1) is 13.5. The molecule has 1 aromatic rings. The van der Waals surface area contributed by atoms with Crippen LogP contribution in [0.15, 0.2) is 66.3 Å². The van der Waals surface area contributed by atoms with Gasteiger partial charge in [-0.3, -0.25) is 0 Å². The number of rotatable bonds is 2. The highest BCUT2D eigenvalue weighted by Crippen LogP contribution is 2.23. The van der Waals surface area contributed by atoms with Crippen LogP contribution in [0.3, 0.4) is 0 Å². The van der Waals surface area contributed by atoms with Gasteiger partial charge >= 0.3 is 0 Å². The molecular weight excluding hydrogens is 208 g/mol. The van der Waals surface area contributed by atoms with Crippen molar-refractivity contribution in [2.75, 3.05) is 0 Å². The first-order valence-electron chi connectivity index (χ1n) is 6.14. The van der Waals surface area contributed by atoms with Gasteiger partial charge < -0.3 is 5.11 Å². The van der Waals surface area contributed by atoms with Gasteiger partial charge in [-0.15, -0.1) is 0 Å². The summed E-state index contributed by atoms with van der Waals surface area (Å²) < 4.78 is 0. The maximum absolute atomic E-state index is 10.1. The van der Waals surface area contributed by atoms with Crippen LogP contribution in [0.2, 0.25) is 0 Å². The van der Waals surface area contributed by atoms with E-state index in [2.05, 4.69) is 12.2 Å². The standard InChI is InChI=1S/C14H14O.C2H6/c15-14(13-10-6-3-7-11-13)12-8-4-1-2-5-9-12;1-2/h1-4,6-11,14-15H,5H2;1-2H3. The number of aliphatic hydroxyl groups excluding tert-OH is 1. The Bertz CT molecular complexity index is 399. The smallest absolute Gasteiger partial charge is 0.104 e. The molecule has 1 atom stereocenters. The fraction of sp³-hybridized carbons (Fsp3) is 0.250. The fourth-order valence-electron chi connectivity index (χ4n) is 1.63. The Morgan fingerprint density at radius 1 is 1.06 bits per heavy atom. The van der Waals surface area contributed by atoms with Crippen LogP contribution in [-0.4, -0.2) is 5.11 Å². The van der Waals surface area contributed by atoms with Gasteiger partial charge in [0.2, 0.25) is 0 Å². The largest absolute Gasteiger partial charge is 0.384 e. The van der Waals surface area contributed by atoms with Gasteiger partial charge in [0, 0.05) is 0 Å². The molecular formula is C16H20O. The van der Waals surface area contributed by atoms with Crippen molar-refractivity contribution in [3.63, 3.8) is 0 Å². The van der Waals surface area contributed by atoms with Crippen molar-refractivity contribution in [3.05, 3.63) is 71.8 Å². The Morgan fingerprint density at radius 3 is 2.47 bits per heavy atom. The Hall–Kier alpha value is -1.60. The van der Waals surface area contributed by atoms with Crippen LogP contribution in [0.4, 0.5) is 0 Å². The summed E-state index contributed by atoms with van der Waals surface area (Å²) in [6, 6.07) is 9.72. The predicted molar refractivity (Wildman–Crippen MR) is 73.7 cm³/mol. The van der Waals surface area contributed by atoms with Crippen LogP contribution >= 0.6 is 0 Å². The minimum atomic E-state index is -0.512. The van der Waals surface area contributed by atoms with Crippen molar-refractivity contribution in [2.24, 2.45) is 0 Å². The van der Waals surface area contributed by atoms with Gasteiger partial charge in [0.25, 0.3) is 0 Å². The van der Waals surface area contributed by atoms with E-state index in [1.165, 1.54) is 0 Å². The maximum Gasteiger partial charge on any atom is 0.104 e. The second-order valence-corrected chi connectivity index (χ2v) is 3.54. The third kappa shape index (κ3) is 4.04. The minimum Gasteiger partial charge on any atom is -0.384 e. The van der Waals surface area contributed by atoms with E-state index < -0.39 is 6.10 Å². The molecule has 0 aliphatic heterocycles. The number of hydrogen-bond acceptors (Lipinski definition) is 1. The second kappa shape index (κ2) is 7.64. The molecule has 0 bridgehead atoms. The summed E-state index contributed by atoms with van der Waals surface area (Å²) in [5.74, 6) is 0. The van der Waals surface area contributed by atoms with Gasteiger partial charge in [0.05, 0.1) is 0 Å². The minimum absolute atomic E-state index is 0.512. The van der Waals surface area contributed by atoms with Crippen molar-refractivity contribution in [1.82, 2.24) is 0 Å². The van der Waals surface area contributed by atoms with Crippen LogP contribution in [0.1, 0.15) is 31.9 Å². The number of allylic oxidation sites excluding steroid dienone is 4. The molecule has 1 nitrogen and oxygen atoms in total.